The number of carbonyl (C=O) groups is 1. The van der Waals surface area contributed by atoms with Crippen LogP contribution in [0.25, 0.3) is 5.69 Å². The number of H-pyrrole nitrogens is 1. The summed E-state index contributed by atoms with van der Waals surface area (Å²) in [5, 5.41) is 17.6. The van der Waals surface area contributed by atoms with Crippen molar-refractivity contribution in [3.05, 3.63) is 90.9 Å². The molecule has 1 amide bonds. The molecule has 2 aromatic carbocycles. The molecule has 1 heterocycles. The third kappa shape index (κ3) is 4.13. The van der Waals surface area contributed by atoms with Gasteiger partial charge in [-0.25, -0.2) is 10.1 Å². The van der Waals surface area contributed by atoms with E-state index in [1.54, 1.807) is 6.92 Å². The normalized spacial score (nSPS) is 11.0. The topological polar surface area (TPSA) is 122 Å². The first-order chi connectivity index (χ1) is 13.8. The maximum atomic E-state index is 12.7. The van der Waals surface area contributed by atoms with Gasteiger partial charge in [-0.05, 0) is 38.5 Å². The first-order valence-corrected chi connectivity index (χ1v) is 8.75. The molecule has 0 unspecified atom stereocenters. The molecule has 1 aromatic heterocycles. The van der Waals surface area contributed by atoms with E-state index in [9.17, 15) is 19.7 Å². The van der Waals surface area contributed by atoms with E-state index >= 15 is 0 Å². The summed E-state index contributed by atoms with van der Waals surface area (Å²) in [6.45, 7) is 5.62. The molecule has 0 bridgehead atoms. The Morgan fingerprint density at radius 3 is 2.66 bits per heavy atom. The summed E-state index contributed by atoms with van der Waals surface area (Å²) in [4.78, 5) is 35.1. The smallest absolute Gasteiger partial charge is 0.280 e. The number of hydrogen-bond acceptors (Lipinski definition) is 5. The van der Waals surface area contributed by atoms with Crippen molar-refractivity contribution in [2.45, 2.75) is 20.8 Å². The van der Waals surface area contributed by atoms with Crippen LogP contribution in [0.2, 0.25) is 0 Å². The maximum absolute atomic E-state index is 12.7. The lowest BCUT2D eigenvalue weighted by Gasteiger charge is -2.06. The van der Waals surface area contributed by atoms with Gasteiger partial charge >= 0.3 is 0 Å². The highest BCUT2D eigenvalue weighted by Gasteiger charge is 2.13. The summed E-state index contributed by atoms with van der Waals surface area (Å²) in [7, 11) is 0. The minimum absolute atomic E-state index is 0.0924. The number of aryl methyl sites for hydroxylation is 3. The average molecular weight is 393 g/mol. The molecule has 148 valence electrons. The summed E-state index contributed by atoms with van der Waals surface area (Å²) in [5.74, 6) is -0.618. The van der Waals surface area contributed by atoms with E-state index in [0.717, 1.165) is 22.9 Å². The van der Waals surface area contributed by atoms with E-state index in [1.807, 2.05) is 32.0 Å². The number of carbonyl (C=O) groups excluding carboxylic acids is 1. The fourth-order valence-corrected chi connectivity index (χ4v) is 2.92. The lowest BCUT2D eigenvalue weighted by molar-refractivity contribution is -0.384. The van der Waals surface area contributed by atoms with Crippen LogP contribution in [0.1, 0.15) is 32.7 Å². The predicted octanol–water partition coefficient (Wildman–Crippen LogP) is 2.76. The molecule has 0 saturated carbocycles. The van der Waals surface area contributed by atoms with Crippen molar-refractivity contribution in [3.63, 3.8) is 0 Å². The van der Waals surface area contributed by atoms with Crippen molar-refractivity contribution < 1.29 is 9.72 Å². The highest BCUT2D eigenvalue weighted by Crippen LogP contribution is 2.15. The summed E-state index contributed by atoms with van der Waals surface area (Å²) in [5.41, 5.74) is 5.52. The number of benzene rings is 2. The second-order valence-electron chi connectivity index (χ2n) is 6.59. The third-order valence-electron chi connectivity index (χ3n) is 4.39. The lowest BCUT2D eigenvalue weighted by Crippen LogP contribution is -2.20. The number of hydrazone groups is 1. The number of nitro groups is 1. The minimum Gasteiger partial charge on any atom is -0.295 e. The molecule has 3 aromatic rings. The molecule has 29 heavy (non-hydrogen) atoms. The van der Waals surface area contributed by atoms with Crippen LogP contribution in [-0.2, 0) is 0 Å². The Balaban J connectivity index is 1.82. The Morgan fingerprint density at radius 1 is 1.21 bits per heavy atom. The van der Waals surface area contributed by atoms with Crippen molar-refractivity contribution in [2.75, 3.05) is 0 Å². The number of nitrogens with zero attached hydrogens (tertiary/aromatic N) is 3. The van der Waals surface area contributed by atoms with Gasteiger partial charge in [0, 0.05) is 23.4 Å². The molecule has 0 saturated heterocycles. The van der Waals surface area contributed by atoms with Crippen LogP contribution < -0.4 is 11.0 Å². The van der Waals surface area contributed by atoms with E-state index in [2.05, 4.69) is 15.6 Å². The van der Waals surface area contributed by atoms with Crippen LogP contribution in [-0.4, -0.2) is 26.8 Å². The Kier molecular flexibility index (Phi) is 5.40. The van der Waals surface area contributed by atoms with E-state index in [-0.39, 0.29) is 16.8 Å². The van der Waals surface area contributed by atoms with E-state index < -0.39 is 10.8 Å². The molecule has 0 aliphatic rings. The molecule has 0 aliphatic carbocycles. The molecule has 9 heteroatoms. The second kappa shape index (κ2) is 7.93. The second-order valence-corrected chi connectivity index (χ2v) is 6.59. The van der Waals surface area contributed by atoms with E-state index in [0.29, 0.717) is 11.3 Å². The molecule has 0 fully saturated rings. The number of non-ortho nitro benzene ring substituents is 1. The molecular weight excluding hydrogens is 374 g/mol. The highest BCUT2D eigenvalue weighted by molar-refractivity contribution is 5.95. The summed E-state index contributed by atoms with van der Waals surface area (Å²) >= 11 is 0. The summed E-state index contributed by atoms with van der Waals surface area (Å²) in [6.07, 6.45) is 1.25. The lowest BCUT2D eigenvalue weighted by atomic mass is 10.1. The molecule has 0 atom stereocenters. The van der Waals surface area contributed by atoms with Crippen molar-refractivity contribution in [2.24, 2.45) is 5.10 Å². The van der Waals surface area contributed by atoms with Crippen molar-refractivity contribution in [1.29, 1.82) is 0 Å². The van der Waals surface area contributed by atoms with Crippen molar-refractivity contribution in [1.82, 2.24) is 15.2 Å². The minimum atomic E-state index is -0.618. The zero-order chi connectivity index (χ0) is 21.1. The van der Waals surface area contributed by atoms with Crippen LogP contribution in [0.15, 0.2) is 52.4 Å². The highest BCUT2D eigenvalue weighted by atomic mass is 16.6. The van der Waals surface area contributed by atoms with Gasteiger partial charge in [0.15, 0.2) is 0 Å². The first kappa shape index (κ1) is 19.7. The zero-order valence-electron chi connectivity index (χ0n) is 16.1. The van der Waals surface area contributed by atoms with Crippen molar-refractivity contribution in [3.8, 4) is 5.69 Å². The number of nitrogens with one attached hydrogen (secondary N) is 2. The zero-order valence-corrected chi connectivity index (χ0v) is 16.1. The van der Waals surface area contributed by atoms with Gasteiger partial charge in [0.2, 0.25) is 0 Å². The fourth-order valence-electron chi connectivity index (χ4n) is 2.92. The van der Waals surface area contributed by atoms with Crippen LogP contribution in [0, 0.1) is 30.9 Å². The SMILES string of the molecule is Cc1ccc(-n2[nH]c(C)c(C=NNC(=O)c3cccc([N+](=O)[O-])c3)c2=O)c(C)c1. The Hall–Kier alpha value is -4.01. The van der Waals surface area contributed by atoms with Gasteiger partial charge in [-0.1, -0.05) is 23.8 Å². The van der Waals surface area contributed by atoms with Crippen LogP contribution in [0.4, 0.5) is 5.69 Å². The Bertz CT molecular complexity index is 1190. The molecule has 9 nitrogen and oxygen atoms in total. The number of aromatic amines is 1. The van der Waals surface area contributed by atoms with Crippen LogP contribution in [0.3, 0.4) is 0 Å². The van der Waals surface area contributed by atoms with Gasteiger partial charge in [0.05, 0.1) is 22.4 Å². The number of nitro benzene ring substituents is 1. The monoisotopic (exact) mass is 393 g/mol. The van der Waals surface area contributed by atoms with E-state index in [1.165, 1.54) is 29.1 Å². The van der Waals surface area contributed by atoms with Crippen molar-refractivity contribution >= 4 is 17.8 Å². The maximum Gasteiger partial charge on any atom is 0.280 e. The predicted molar refractivity (Wildman–Crippen MR) is 109 cm³/mol. The van der Waals surface area contributed by atoms with Gasteiger partial charge < -0.3 is 0 Å². The number of amides is 1. The van der Waals surface area contributed by atoms with Gasteiger partial charge in [-0.15, -0.1) is 0 Å². The Morgan fingerprint density at radius 2 is 1.97 bits per heavy atom. The van der Waals surface area contributed by atoms with Gasteiger partial charge in [-0.3, -0.25) is 24.8 Å². The van der Waals surface area contributed by atoms with E-state index in [4.69, 9.17) is 0 Å². The fraction of sp³-hybridized carbons (Fsp3) is 0.150. The summed E-state index contributed by atoms with van der Waals surface area (Å²) < 4.78 is 1.42. The molecule has 0 aliphatic heterocycles. The molecule has 0 radical (unpaired) electrons. The molecular formula is C20H19N5O4. The number of hydrogen-bond donors (Lipinski definition) is 2. The van der Waals surface area contributed by atoms with Crippen LogP contribution >= 0.6 is 0 Å². The van der Waals surface area contributed by atoms with Gasteiger partial charge in [0.25, 0.3) is 17.2 Å². The third-order valence-corrected chi connectivity index (χ3v) is 4.39. The van der Waals surface area contributed by atoms with Gasteiger partial charge in [0.1, 0.15) is 0 Å². The van der Waals surface area contributed by atoms with Gasteiger partial charge in [-0.2, -0.15) is 5.10 Å². The molecule has 3 rings (SSSR count). The molecule has 2 N–H and O–H groups in total. The molecule has 0 spiro atoms. The number of aromatic nitrogens is 2. The quantitative estimate of drug-likeness (QED) is 0.393. The van der Waals surface area contributed by atoms with Crippen LogP contribution in [0.5, 0.6) is 0 Å². The standard InChI is InChI=1S/C20H19N5O4/c1-12-7-8-18(13(2)9-12)24-20(27)17(14(3)23-24)11-21-22-19(26)15-5-4-6-16(10-15)25(28)29/h4-11,23H,1-3H3,(H,22,26). The Labute approximate surface area is 165 Å². The number of rotatable bonds is 5. The largest absolute Gasteiger partial charge is 0.295 e. The summed E-state index contributed by atoms with van der Waals surface area (Å²) in [6, 6.07) is 11.0. The first-order valence-electron chi connectivity index (χ1n) is 8.75. The average Bonchev–Trinajstić information content (AvgIpc) is 2.96.